The van der Waals surface area contributed by atoms with Crippen molar-refractivity contribution >= 4 is 30.7 Å². The highest BCUT2D eigenvalue weighted by molar-refractivity contribution is 5.85. The van der Waals surface area contributed by atoms with E-state index in [1.54, 1.807) is 0 Å². The van der Waals surface area contributed by atoms with Gasteiger partial charge in [-0.3, -0.25) is 4.79 Å². The summed E-state index contributed by atoms with van der Waals surface area (Å²) in [5, 5.41) is 3.01. The van der Waals surface area contributed by atoms with Gasteiger partial charge in [-0.15, -0.1) is 24.8 Å². The van der Waals surface area contributed by atoms with E-state index in [0.717, 1.165) is 32.0 Å². The minimum atomic E-state index is 0. The summed E-state index contributed by atoms with van der Waals surface area (Å²) in [6, 6.07) is 1.02. The molecule has 0 spiro atoms. The van der Waals surface area contributed by atoms with Gasteiger partial charge in [-0.25, -0.2) is 0 Å². The molecule has 0 bridgehead atoms. The van der Waals surface area contributed by atoms with Crippen molar-refractivity contribution in [2.45, 2.75) is 50.6 Å². The fourth-order valence-corrected chi connectivity index (χ4v) is 2.70. The minimum absolute atomic E-state index is 0. The van der Waals surface area contributed by atoms with Gasteiger partial charge < -0.3 is 16.0 Å². The minimum Gasteiger partial charge on any atom is -0.355 e. The third-order valence-electron chi connectivity index (χ3n) is 4.12. The highest BCUT2D eigenvalue weighted by Crippen LogP contribution is 2.26. The van der Waals surface area contributed by atoms with Gasteiger partial charge in [0, 0.05) is 31.6 Å². The van der Waals surface area contributed by atoms with Crippen LogP contribution in [0, 0.1) is 5.92 Å². The zero-order valence-corrected chi connectivity index (χ0v) is 13.3. The van der Waals surface area contributed by atoms with Crippen LogP contribution in [0.3, 0.4) is 0 Å². The predicted octanol–water partition coefficient (Wildman–Crippen LogP) is 1.56. The Morgan fingerprint density at radius 3 is 2.47 bits per heavy atom. The van der Waals surface area contributed by atoms with Gasteiger partial charge in [-0.1, -0.05) is 6.42 Å². The molecule has 2 saturated carbocycles. The zero-order valence-electron chi connectivity index (χ0n) is 11.6. The van der Waals surface area contributed by atoms with Gasteiger partial charge >= 0.3 is 0 Å². The largest absolute Gasteiger partial charge is 0.355 e. The van der Waals surface area contributed by atoms with Crippen LogP contribution in [0.2, 0.25) is 0 Å². The average molecular weight is 312 g/mol. The van der Waals surface area contributed by atoms with Crippen LogP contribution in [-0.2, 0) is 4.79 Å². The van der Waals surface area contributed by atoms with Crippen LogP contribution in [-0.4, -0.2) is 43.0 Å². The Morgan fingerprint density at radius 1 is 1.26 bits per heavy atom. The first kappa shape index (κ1) is 19.0. The molecule has 0 radical (unpaired) electrons. The number of carbonyl (C=O) groups excluding carboxylic acids is 1. The molecule has 1 amide bonds. The Balaban J connectivity index is 0.00000162. The highest BCUT2D eigenvalue weighted by Gasteiger charge is 2.27. The van der Waals surface area contributed by atoms with E-state index in [2.05, 4.69) is 17.3 Å². The Labute approximate surface area is 128 Å². The molecule has 0 aliphatic heterocycles. The number of likely N-dealkylation sites (N-methyl/N-ethyl adjacent to an activating group) is 1. The van der Waals surface area contributed by atoms with Gasteiger partial charge in [-0.2, -0.15) is 0 Å². The van der Waals surface area contributed by atoms with Gasteiger partial charge in [-0.05, 0) is 38.6 Å². The van der Waals surface area contributed by atoms with Crippen molar-refractivity contribution in [1.29, 1.82) is 0 Å². The lowest BCUT2D eigenvalue weighted by atomic mass is 10.00. The maximum absolute atomic E-state index is 11.7. The van der Waals surface area contributed by atoms with E-state index in [1.807, 2.05) is 0 Å². The number of nitrogens with two attached hydrogens (primary N) is 1. The molecular formula is C13H27Cl2N3O. The first-order valence-electron chi connectivity index (χ1n) is 6.89. The van der Waals surface area contributed by atoms with E-state index in [9.17, 15) is 4.79 Å². The van der Waals surface area contributed by atoms with Gasteiger partial charge in [0.15, 0.2) is 0 Å². The standard InChI is InChI=1S/C13H25N3O.2ClH/c1-16(11-5-6-11)8-7-15-13(17)9-10-3-2-4-12(10)14;;/h10-12H,2-9,14H2,1H3,(H,15,17);2*1H/t10-,12+;;/m0../s1. The zero-order chi connectivity index (χ0) is 12.3. The molecule has 3 N–H and O–H groups in total. The molecule has 0 aromatic heterocycles. The molecule has 2 aliphatic rings. The number of halogens is 2. The summed E-state index contributed by atoms with van der Waals surface area (Å²) in [4.78, 5) is 14.1. The predicted molar refractivity (Wildman–Crippen MR) is 83.1 cm³/mol. The van der Waals surface area contributed by atoms with Crippen LogP contribution in [0.4, 0.5) is 0 Å². The van der Waals surface area contributed by atoms with Crippen LogP contribution < -0.4 is 11.1 Å². The molecule has 2 fully saturated rings. The fourth-order valence-electron chi connectivity index (χ4n) is 2.70. The summed E-state index contributed by atoms with van der Waals surface area (Å²) in [6.07, 6.45) is 6.65. The van der Waals surface area contributed by atoms with Crippen LogP contribution in [0.15, 0.2) is 0 Å². The lowest BCUT2D eigenvalue weighted by molar-refractivity contribution is -0.122. The van der Waals surface area contributed by atoms with E-state index in [1.165, 1.54) is 19.3 Å². The summed E-state index contributed by atoms with van der Waals surface area (Å²) < 4.78 is 0. The number of carbonyl (C=O) groups is 1. The number of hydrogen-bond donors (Lipinski definition) is 2. The number of hydrogen-bond acceptors (Lipinski definition) is 3. The molecule has 2 aliphatic carbocycles. The van der Waals surface area contributed by atoms with Crippen molar-refractivity contribution in [3.8, 4) is 0 Å². The fraction of sp³-hybridized carbons (Fsp3) is 0.923. The Kier molecular flexibility index (Phi) is 8.99. The molecule has 19 heavy (non-hydrogen) atoms. The molecule has 6 heteroatoms. The molecule has 0 saturated heterocycles. The topological polar surface area (TPSA) is 58.4 Å². The van der Waals surface area contributed by atoms with Crippen molar-refractivity contribution in [3.63, 3.8) is 0 Å². The van der Waals surface area contributed by atoms with Crippen molar-refractivity contribution in [3.05, 3.63) is 0 Å². The number of nitrogens with zero attached hydrogens (tertiary/aromatic N) is 1. The molecule has 114 valence electrons. The molecule has 0 heterocycles. The third kappa shape index (κ3) is 6.30. The number of amides is 1. The molecule has 0 aromatic rings. The summed E-state index contributed by atoms with van der Waals surface area (Å²) in [6.45, 7) is 1.74. The summed E-state index contributed by atoms with van der Waals surface area (Å²) in [5.74, 6) is 0.590. The van der Waals surface area contributed by atoms with Gasteiger partial charge in [0.25, 0.3) is 0 Å². The van der Waals surface area contributed by atoms with Gasteiger partial charge in [0.05, 0.1) is 0 Å². The molecule has 0 unspecified atom stereocenters. The van der Waals surface area contributed by atoms with E-state index in [4.69, 9.17) is 5.73 Å². The SMILES string of the molecule is CN(CCNC(=O)C[C@@H]1CCC[C@H]1N)C1CC1.Cl.Cl. The van der Waals surface area contributed by atoms with Crippen molar-refractivity contribution in [2.24, 2.45) is 11.7 Å². The Hall–Kier alpha value is -0.0300. The van der Waals surface area contributed by atoms with Crippen LogP contribution in [0.25, 0.3) is 0 Å². The monoisotopic (exact) mass is 311 g/mol. The molecule has 2 atom stereocenters. The first-order valence-corrected chi connectivity index (χ1v) is 6.89. The van der Waals surface area contributed by atoms with Crippen LogP contribution in [0.5, 0.6) is 0 Å². The quantitative estimate of drug-likeness (QED) is 0.782. The van der Waals surface area contributed by atoms with Crippen molar-refractivity contribution in [2.75, 3.05) is 20.1 Å². The Morgan fingerprint density at radius 2 is 1.95 bits per heavy atom. The van der Waals surface area contributed by atoms with Crippen LogP contribution in [0.1, 0.15) is 38.5 Å². The molecule has 0 aromatic carbocycles. The van der Waals surface area contributed by atoms with E-state index in [0.29, 0.717) is 12.3 Å². The lowest BCUT2D eigenvalue weighted by Gasteiger charge is -2.17. The van der Waals surface area contributed by atoms with Gasteiger partial charge in [0.1, 0.15) is 0 Å². The summed E-state index contributed by atoms with van der Waals surface area (Å²) >= 11 is 0. The van der Waals surface area contributed by atoms with Gasteiger partial charge in [0.2, 0.25) is 5.91 Å². The second kappa shape index (κ2) is 9.01. The van der Waals surface area contributed by atoms with Crippen molar-refractivity contribution < 1.29 is 4.79 Å². The smallest absolute Gasteiger partial charge is 0.220 e. The maximum Gasteiger partial charge on any atom is 0.220 e. The molecular weight excluding hydrogens is 285 g/mol. The Bertz CT molecular complexity index is 275. The average Bonchev–Trinajstić information content (AvgIpc) is 3.05. The lowest BCUT2D eigenvalue weighted by Crippen LogP contribution is -2.36. The van der Waals surface area contributed by atoms with Crippen LogP contribution >= 0.6 is 24.8 Å². The maximum atomic E-state index is 11.7. The van der Waals surface area contributed by atoms with E-state index < -0.39 is 0 Å². The summed E-state index contributed by atoms with van der Waals surface area (Å²) in [7, 11) is 2.14. The molecule has 4 nitrogen and oxygen atoms in total. The third-order valence-corrected chi connectivity index (χ3v) is 4.12. The van der Waals surface area contributed by atoms with E-state index in [-0.39, 0.29) is 36.8 Å². The second-order valence-corrected chi connectivity index (χ2v) is 5.62. The normalized spacial score (nSPS) is 25.6. The highest BCUT2D eigenvalue weighted by atomic mass is 35.5. The summed E-state index contributed by atoms with van der Waals surface area (Å²) in [5.41, 5.74) is 5.96. The number of rotatable bonds is 6. The first-order chi connectivity index (χ1) is 8.16. The number of nitrogens with one attached hydrogen (secondary N) is 1. The van der Waals surface area contributed by atoms with Crippen molar-refractivity contribution in [1.82, 2.24) is 10.2 Å². The second-order valence-electron chi connectivity index (χ2n) is 5.62. The molecule has 2 rings (SSSR count). The van der Waals surface area contributed by atoms with E-state index >= 15 is 0 Å².